The maximum absolute atomic E-state index is 12.6. The Bertz CT molecular complexity index is 887. The van der Waals surface area contributed by atoms with E-state index in [0.29, 0.717) is 17.2 Å². The Morgan fingerprint density at radius 3 is 2.62 bits per heavy atom. The molecular formula is C21H27N5O2S. The molecule has 8 heteroatoms. The van der Waals surface area contributed by atoms with E-state index in [0.717, 1.165) is 43.2 Å². The molecule has 2 aliphatic rings. The zero-order chi connectivity index (χ0) is 20.2. The van der Waals surface area contributed by atoms with Crippen LogP contribution in [-0.2, 0) is 11.3 Å². The van der Waals surface area contributed by atoms with Gasteiger partial charge in [0.15, 0.2) is 5.16 Å². The van der Waals surface area contributed by atoms with Crippen molar-refractivity contribution in [2.75, 3.05) is 11.1 Å². The normalized spacial score (nSPS) is 16.7. The molecule has 0 unspecified atom stereocenters. The van der Waals surface area contributed by atoms with Crippen molar-refractivity contribution in [2.24, 2.45) is 0 Å². The van der Waals surface area contributed by atoms with E-state index in [4.69, 9.17) is 0 Å². The highest BCUT2D eigenvalue weighted by Gasteiger charge is 2.30. The molecule has 2 amide bonds. The number of aromatic nitrogens is 3. The highest BCUT2D eigenvalue weighted by Crippen LogP contribution is 2.40. The van der Waals surface area contributed by atoms with Gasteiger partial charge < -0.3 is 15.2 Å². The summed E-state index contributed by atoms with van der Waals surface area (Å²) < 4.78 is 2.10. The van der Waals surface area contributed by atoms with Crippen molar-refractivity contribution >= 4 is 29.3 Å². The second-order valence-corrected chi connectivity index (χ2v) is 8.64. The molecule has 0 radical (unpaired) electrons. The highest BCUT2D eigenvalue weighted by molar-refractivity contribution is 7.99. The molecule has 0 aliphatic heterocycles. The summed E-state index contributed by atoms with van der Waals surface area (Å²) in [7, 11) is 0. The van der Waals surface area contributed by atoms with E-state index in [1.807, 2.05) is 12.1 Å². The third-order valence-corrected chi connectivity index (χ3v) is 6.44. The topological polar surface area (TPSA) is 88.9 Å². The van der Waals surface area contributed by atoms with Gasteiger partial charge in [0.25, 0.3) is 5.91 Å². The third-order valence-electron chi connectivity index (χ3n) is 5.47. The zero-order valence-corrected chi connectivity index (χ0v) is 17.5. The van der Waals surface area contributed by atoms with E-state index in [2.05, 4.69) is 32.3 Å². The Kier molecular flexibility index (Phi) is 6.18. The van der Waals surface area contributed by atoms with Gasteiger partial charge in [-0.2, -0.15) is 0 Å². The van der Waals surface area contributed by atoms with Crippen LogP contribution in [0.4, 0.5) is 5.69 Å². The average Bonchev–Trinajstić information content (AvgIpc) is 3.28. The van der Waals surface area contributed by atoms with Gasteiger partial charge in [0.1, 0.15) is 5.82 Å². The molecule has 2 aliphatic carbocycles. The number of nitrogens with one attached hydrogen (secondary N) is 2. The van der Waals surface area contributed by atoms with E-state index in [9.17, 15) is 9.59 Å². The smallest absolute Gasteiger partial charge is 0.253 e. The van der Waals surface area contributed by atoms with Crippen molar-refractivity contribution < 1.29 is 9.59 Å². The van der Waals surface area contributed by atoms with Gasteiger partial charge in [-0.15, -0.1) is 10.2 Å². The molecular weight excluding hydrogens is 386 g/mol. The van der Waals surface area contributed by atoms with Crippen LogP contribution in [0.15, 0.2) is 29.4 Å². The number of thioether (sulfide) groups is 1. The van der Waals surface area contributed by atoms with Crippen LogP contribution >= 0.6 is 11.8 Å². The number of amides is 2. The van der Waals surface area contributed by atoms with Crippen LogP contribution in [0.1, 0.15) is 67.5 Å². The van der Waals surface area contributed by atoms with E-state index >= 15 is 0 Å². The number of carbonyl (C=O) groups excluding carboxylic acids is 2. The maximum atomic E-state index is 12.6. The van der Waals surface area contributed by atoms with Crippen LogP contribution in [0.25, 0.3) is 0 Å². The van der Waals surface area contributed by atoms with Gasteiger partial charge in [0.2, 0.25) is 5.91 Å². The number of anilines is 1. The summed E-state index contributed by atoms with van der Waals surface area (Å²) in [6, 6.07) is 7.40. The molecule has 0 bridgehead atoms. The van der Waals surface area contributed by atoms with Crippen LogP contribution < -0.4 is 10.6 Å². The Labute approximate surface area is 175 Å². The number of para-hydroxylation sites is 1. The van der Waals surface area contributed by atoms with Crippen LogP contribution in [0, 0.1) is 0 Å². The molecule has 0 saturated heterocycles. The minimum atomic E-state index is -0.158. The monoisotopic (exact) mass is 413 g/mol. The largest absolute Gasteiger partial charge is 0.349 e. The molecule has 7 nitrogen and oxygen atoms in total. The third kappa shape index (κ3) is 4.80. The molecule has 0 atom stereocenters. The van der Waals surface area contributed by atoms with Crippen LogP contribution in [0.5, 0.6) is 0 Å². The molecule has 2 aromatic rings. The summed E-state index contributed by atoms with van der Waals surface area (Å²) in [5.74, 6) is 1.50. The molecule has 1 aromatic heterocycles. The fourth-order valence-electron chi connectivity index (χ4n) is 3.79. The van der Waals surface area contributed by atoms with Gasteiger partial charge in [-0.1, -0.05) is 36.7 Å². The lowest BCUT2D eigenvalue weighted by Gasteiger charge is -2.15. The minimum absolute atomic E-state index is 0.125. The van der Waals surface area contributed by atoms with Gasteiger partial charge >= 0.3 is 0 Å². The van der Waals surface area contributed by atoms with Gasteiger partial charge in [-0.05, 0) is 44.7 Å². The van der Waals surface area contributed by atoms with Crippen molar-refractivity contribution in [3.63, 3.8) is 0 Å². The molecule has 4 rings (SSSR count). The van der Waals surface area contributed by atoms with Crippen LogP contribution in [-0.4, -0.2) is 38.4 Å². The average molecular weight is 414 g/mol. The fourth-order valence-corrected chi connectivity index (χ4v) is 4.60. The molecule has 0 spiro atoms. The van der Waals surface area contributed by atoms with E-state index in [1.54, 1.807) is 12.1 Å². The van der Waals surface area contributed by atoms with Crippen molar-refractivity contribution in [2.45, 2.75) is 69.1 Å². The first-order chi connectivity index (χ1) is 14.2. The van der Waals surface area contributed by atoms with Crippen molar-refractivity contribution in [1.82, 2.24) is 20.1 Å². The zero-order valence-electron chi connectivity index (χ0n) is 16.7. The first-order valence-corrected chi connectivity index (χ1v) is 11.4. The maximum Gasteiger partial charge on any atom is 0.253 e. The Balaban J connectivity index is 1.37. The van der Waals surface area contributed by atoms with Crippen LogP contribution in [0.2, 0.25) is 0 Å². The lowest BCUT2D eigenvalue weighted by atomic mass is 10.1. The number of hydrogen-bond acceptors (Lipinski definition) is 5. The van der Waals surface area contributed by atoms with E-state index in [1.165, 1.54) is 24.6 Å². The second kappa shape index (κ2) is 8.98. The van der Waals surface area contributed by atoms with Crippen molar-refractivity contribution in [3.8, 4) is 0 Å². The van der Waals surface area contributed by atoms with Crippen molar-refractivity contribution in [3.05, 3.63) is 35.7 Å². The highest BCUT2D eigenvalue weighted by atomic mass is 32.2. The Morgan fingerprint density at radius 2 is 1.90 bits per heavy atom. The van der Waals surface area contributed by atoms with E-state index in [-0.39, 0.29) is 23.6 Å². The minimum Gasteiger partial charge on any atom is -0.349 e. The van der Waals surface area contributed by atoms with E-state index < -0.39 is 0 Å². The summed E-state index contributed by atoms with van der Waals surface area (Å²) in [5, 5.41) is 15.3. The molecule has 2 N–H and O–H groups in total. The summed E-state index contributed by atoms with van der Waals surface area (Å²) in [6.07, 6.45) is 6.71. The fraction of sp³-hybridized carbons (Fsp3) is 0.524. The number of rotatable bonds is 8. The quantitative estimate of drug-likeness (QED) is 0.646. The summed E-state index contributed by atoms with van der Waals surface area (Å²) >= 11 is 1.38. The number of benzene rings is 1. The van der Waals surface area contributed by atoms with Gasteiger partial charge in [0, 0.05) is 18.5 Å². The van der Waals surface area contributed by atoms with Gasteiger partial charge in [0.05, 0.1) is 17.0 Å². The number of nitrogens with zero attached hydrogens (tertiary/aromatic N) is 3. The molecule has 2 saturated carbocycles. The summed E-state index contributed by atoms with van der Waals surface area (Å²) in [4.78, 5) is 25.2. The molecule has 2 fully saturated rings. The number of carbonyl (C=O) groups is 2. The predicted molar refractivity (Wildman–Crippen MR) is 113 cm³/mol. The number of hydrogen-bond donors (Lipinski definition) is 2. The van der Waals surface area contributed by atoms with Crippen LogP contribution in [0.3, 0.4) is 0 Å². The Hall–Kier alpha value is -2.35. The van der Waals surface area contributed by atoms with Crippen molar-refractivity contribution in [1.29, 1.82) is 0 Å². The Morgan fingerprint density at radius 1 is 1.14 bits per heavy atom. The lowest BCUT2D eigenvalue weighted by molar-refractivity contribution is -0.113. The molecule has 1 aromatic carbocycles. The van der Waals surface area contributed by atoms with Gasteiger partial charge in [-0.3, -0.25) is 9.59 Å². The van der Waals surface area contributed by atoms with Gasteiger partial charge in [-0.25, -0.2) is 0 Å². The first kappa shape index (κ1) is 19.9. The summed E-state index contributed by atoms with van der Waals surface area (Å²) in [5.41, 5.74) is 1.05. The molecule has 29 heavy (non-hydrogen) atoms. The molecule has 1 heterocycles. The first-order valence-electron chi connectivity index (χ1n) is 10.4. The second-order valence-electron chi connectivity index (χ2n) is 7.70. The summed E-state index contributed by atoms with van der Waals surface area (Å²) in [6.45, 7) is 2.87. The predicted octanol–water partition coefficient (Wildman–Crippen LogP) is 3.58. The lowest BCUT2D eigenvalue weighted by Crippen LogP contribution is -2.33. The SMILES string of the molecule is CCn1c(SCC(=O)Nc2ccccc2C(=O)NC2CCCC2)nnc1C1CC1. The standard InChI is InChI=1S/C21H27N5O2S/c1-2-26-19(14-11-12-14)24-25-21(26)29-13-18(27)23-17-10-6-5-9-16(17)20(28)22-15-7-3-4-8-15/h5-6,9-10,14-15H,2-4,7-8,11-13H2,1H3,(H,22,28)(H,23,27). The molecule has 154 valence electrons.